The van der Waals surface area contributed by atoms with Crippen LogP contribution >= 0.6 is 7.82 Å². The van der Waals surface area contributed by atoms with Crippen molar-refractivity contribution in [2.45, 2.75) is 55.4 Å². The van der Waals surface area contributed by atoms with Crippen molar-refractivity contribution < 1.29 is 28.2 Å². The topological polar surface area (TPSA) is 77.8 Å². The Balaban J connectivity index is -0.000000273. The van der Waals surface area contributed by atoms with E-state index in [1.54, 1.807) is 0 Å². The first kappa shape index (κ1) is 27.9. The fraction of sp³-hybridized carbons (Fsp3) is 1.00. The van der Waals surface area contributed by atoms with E-state index in [2.05, 4.69) is 55.4 Å². The van der Waals surface area contributed by atoms with Gasteiger partial charge in [0.05, 0.1) is 52.4 Å². The summed E-state index contributed by atoms with van der Waals surface area (Å²) in [5, 5.41) is 0. The van der Waals surface area contributed by atoms with Crippen molar-refractivity contribution in [2.24, 2.45) is 0 Å². The minimum atomic E-state index is -4.64. The Bertz CT molecular complexity index is 237. The van der Waals surface area contributed by atoms with Gasteiger partial charge in [0, 0.05) is 0 Å². The molecule has 0 rings (SSSR count). The molecule has 144 valence electrons. The van der Waals surface area contributed by atoms with Gasteiger partial charge in [-0.05, 0) is 55.4 Å². The molecule has 0 amide bonds. The lowest BCUT2D eigenvalue weighted by atomic mass is 10.3. The highest BCUT2D eigenvalue weighted by atomic mass is 31.2. The van der Waals surface area contributed by atoms with E-state index in [9.17, 15) is 0 Å². The van der Waals surface area contributed by atoms with Gasteiger partial charge in [-0.1, -0.05) is 0 Å². The number of phosphoric acid groups is 1. The van der Waals surface area contributed by atoms with E-state index in [1.165, 1.54) is 61.3 Å². The molecule has 0 atom stereocenters. The van der Waals surface area contributed by atoms with Crippen LogP contribution in [0, 0.1) is 0 Å². The van der Waals surface area contributed by atoms with Gasteiger partial charge in [0.1, 0.15) is 0 Å². The second-order valence-electron chi connectivity index (χ2n) is 5.73. The van der Waals surface area contributed by atoms with Crippen LogP contribution in [0.3, 0.4) is 0 Å². The predicted molar refractivity (Wildman–Crippen MR) is 99.1 cm³/mol. The van der Waals surface area contributed by atoms with Crippen molar-refractivity contribution in [3.63, 3.8) is 0 Å². The number of hydrogen-bond acceptors (Lipinski definition) is 1. The van der Waals surface area contributed by atoms with Gasteiger partial charge in [-0.2, -0.15) is 0 Å². The summed E-state index contributed by atoms with van der Waals surface area (Å²) in [7, 11) is -4.64. The summed E-state index contributed by atoms with van der Waals surface area (Å²) in [5.74, 6) is 0. The summed E-state index contributed by atoms with van der Waals surface area (Å²) >= 11 is 0. The molecular weight excluding hydrogens is 315 g/mol. The molecule has 0 aromatic heterocycles. The molecule has 0 heterocycles. The van der Waals surface area contributed by atoms with E-state index in [0.717, 1.165) is 0 Å². The summed E-state index contributed by atoms with van der Waals surface area (Å²) in [6.07, 6.45) is 0. The first-order valence-corrected chi connectivity index (χ1v) is 10.5. The lowest BCUT2D eigenvalue weighted by Crippen LogP contribution is -2.47. The quantitative estimate of drug-likeness (QED) is 0.460. The second-order valence-corrected chi connectivity index (χ2v) is 6.75. The molecule has 0 aromatic carbocycles. The standard InChI is InChI=1S/2C8H20N.H3O4P/c2*1-5-9(6-2,7-3)8-4;1-5(2,3)4/h2*5-8H2,1-4H3;(H3,1,2,3,4)/q2*+1;. The van der Waals surface area contributed by atoms with Gasteiger partial charge >= 0.3 is 7.82 Å². The van der Waals surface area contributed by atoms with Crippen LogP contribution in [0.1, 0.15) is 55.4 Å². The highest BCUT2D eigenvalue weighted by Gasteiger charge is 2.16. The maximum absolute atomic E-state index is 8.88. The van der Waals surface area contributed by atoms with E-state index in [0.29, 0.717) is 0 Å². The fourth-order valence-corrected chi connectivity index (χ4v) is 2.68. The lowest BCUT2D eigenvalue weighted by Gasteiger charge is -2.34. The van der Waals surface area contributed by atoms with Crippen LogP contribution in [-0.2, 0) is 4.57 Å². The highest BCUT2D eigenvalue weighted by molar-refractivity contribution is 7.45. The van der Waals surface area contributed by atoms with Crippen molar-refractivity contribution in [1.29, 1.82) is 0 Å². The van der Waals surface area contributed by atoms with Gasteiger partial charge in [-0.15, -0.1) is 0 Å². The zero-order valence-corrected chi connectivity index (χ0v) is 17.6. The van der Waals surface area contributed by atoms with E-state index in [4.69, 9.17) is 19.2 Å². The van der Waals surface area contributed by atoms with Crippen LogP contribution < -0.4 is 0 Å². The Labute approximate surface area is 144 Å². The second kappa shape index (κ2) is 14.4. The van der Waals surface area contributed by atoms with Crippen LogP contribution in [0.25, 0.3) is 0 Å². The average molecular weight is 359 g/mol. The molecular formula is C16H43N2O4P+2. The molecule has 0 saturated heterocycles. The summed E-state index contributed by atoms with van der Waals surface area (Å²) in [4.78, 5) is 21.6. The van der Waals surface area contributed by atoms with Gasteiger partial charge in [-0.3, -0.25) is 0 Å². The molecule has 0 bridgehead atoms. The Morgan fingerprint density at radius 1 is 0.522 bits per heavy atom. The van der Waals surface area contributed by atoms with Crippen LogP contribution in [0.5, 0.6) is 0 Å². The minimum absolute atomic E-state index is 1.28. The molecule has 0 spiro atoms. The van der Waals surface area contributed by atoms with Gasteiger partial charge in [0.25, 0.3) is 0 Å². The van der Waals surface area contributed by atoms with Crippen molar-refractivity contribution >= 4 is 7.82 Å². The molecule has 0 fully saturated rings. The largest absolute Gasteiger partial charge is 0.466 e. The zero-order chi connectivity index (χ0) is 19.2. The first-order valence-electron chi connectivity index (χ1n) is 8.97. The number of hydrogen-bond donors (Lipinski definition) is 3. The van der Waals surface area contributed by atoms with Crippen molar-refractivity contribution in [3.8, 4) is 0 Å². The number of rotatable bonds is 8. The summed E-state index contributed by atoms with van der Waals surface area (Å²) in [6, 6.07) is 0. The van der Waals surface area contributed by atoms with E-state index in [1.807, 2.05) is 0 Å². The monoisotopic (exact) mass is 358 g/mol. The average Bonchev–Trinajstić information content (AvgIpc) is 2.52. The zero-order valence-electron chi connectivity index (χ0n) is 16.7. The smallest absolute Gasteiger partial charge is 0.325 e. The lowest BCUT2D eigenvalue weighted by molar-refractivity contribution is -0.921. The Kier molecular flexibility index (Phi) is 17.4. The molecule has 3 N–H and O–H groups in total. The van der Waals surface area contributed by atoms with Gasteiger partial charge in [0.2, 0.25) is 0 Å². The molecule has 6 nitrogen and oxygen atoms in total. The maximum Gasteiger partial charge on any atom is 0.466 e. The molecule has 0 radical (unpaired) electrons. The van der Waals surface area contributed by atoms with Crippen LogP contribution in [0.2, 0.25) is 0 Å². The van der Waals surface area contributed by atoms with Crippen LogP contribution in [0.4, 0.5) is 0 Å². The molecule has 0 aliphatic carbocycles. The van der Waals surface area contributed by atoms with Crippen LogP contribution in [0.15, 0.2) is 0 Å². The van der Waals surface area contributed by atoms with Gasteiger partial charge in [0.15, 0.2) is 0 Å². The van der Waals surface area contributed by atoms with Crippen LogP contribution in [-0.4, -0.2) is 76.0 Å². The summed E-state index contributed by atoms with van der Waals surface area (Å²) < 4.78 is 11.4. The van der Waals surface area contributed by atoms with E-state index >= 15 is 0 Å². The van der Waals surface area contributed by atoms with Crippen molar-refractivity contribution in [3.05, 3.63) is 0 Å². The third-order valence-electron chi connectivity index (χ3n) is 5.37. The summed E-state index contributed by atoms with van der Waals surface area (Å²) in [5.41, 5.74) is 0. The Morgan fingerprint density at radius 3 is 0.609 bits per heavy atom. The highest BCUT2D eigenvalue weighted by Crippen LogP contribution is 2.25. The van der Waals surface area contributed by atoms with Gasteiger partial charge in [-0.25, -0.2) is 4.57 Å². The SMILES string of the molecule is CC[N+](CC)(CC)CC.CC[N+](CC)(CC)CC.O=P(O)(O)O. The van der Waals surface area contributed by atoms with E-state index < -0.39 is 7.82 Å². The molecule has 23 heavy (non-hydrogen) atoms. The number of nitrogens with zero attached hydrogens (tertiary/aromatic N) is 2. The number of quaternary nitrogens is 2. The van der Waals surface area contributed by atoms with Gasteiger partial charge < -0.3 is 23.6 Å². The van der Waals surface area contributed by atoms with Crippen molar-refractivity contribution in [1.82, 2.24) is 0 Å². The molecule has 7 heteroatoms. The molecule has 0 aliphatic rings. The summed E-state index contributed by atoms with van der Waals surface area (Å²) in [6.45, 7) is 28.4. The Morgan fingerprint density at radius 2 is 0.609 bits per heavy atom. The third-order valence-corrected chi connectivity index (χ3v) is 5.37. The first-order chi connectivity index (χ1) is 10.5. The van der Waals surface area contributed by atoms with E-state index in [-0.39, 0.29) is 0 Å². The third kappa shape index (κ3) is 15.3. The molecule has 0 aliphatic heterocycles. The predicted octanol–water partition coefficient (Wildman–Crippen LogP) is 2.84. The Hall–Kier alpha value is 0.0300. The normalized spacial score (nSPS) is 12.0. The molecule has 0 unspecified atom stereocenters. The van der Waals surface area contributed by atoms with Crippen molar-refractivity contribution in [2.75, 3.05) is 52.4 Å². The minimum Gasteiger partial charge on any atom is -0.325 e. The molecule has 0 saturated carbocycles. The molecule has 0 aromatic rings. The maximum atomic E-state index is 8.88. The fourth-order valence-electron chi connectivity index (χ4n) is 2.68.